The number of rotatable bonds is 6. The van der Waals surface area contributed by atoms with E-state index in [-0.39, 0.29) is 36.6 Å². The van der Waals surface area contributed by atoms with E-state index < -0.39 is 22.7 Å². The number of nitro benzene ring substituents is 1. The molecule has 1 aliphatic rings. The van der Waals surface area contributed by atoms with E-state index in [1.165, 1.54) is 29.2 Å². The van der Waals surface area contributed by atoms with Crippen LogP contribution in [0.2, 0.25) is 0 Å². The number of amides is 1. The van der Waals surface area contributed by atoms with Gasteiger partial charge in [0, 0.05) is 30.8 Å². The van der Waals surface area contributed by atoms with Gasteiger partial charge in [-0.3, -0.25) is 19.7 Å². The van der Waals surface area contributed by atoms with Crippen molar-refractivity contribution in [2.24, 2.45) is 0 Å². The largest absolute Gasteiger partial charge is 0.507 e. The van der Waals surface area contributed by atoms with Gasteiger partial charge in [0.2, 0.25) is 0 Å². The first-order chi connectivity index (χ1) is 13.8. The molecule has 1 saturated heterocycles. The van der Waals surface area contributed by atoms with Gasteiger partial charge in [-0.15, -0.1) is 0 Å². The van der Waals surface area contributed by atoms with Crippen LogP contribution in [0.15, 0.2) is 54.1 Å². The van der Waals surface area contributed by atoms with Gasteiger partial charge >= 0.3 is 0 Å². The van der Waals surface area contributed by atoms with Crippen molar-refractivity contribution in [1.82, 2.24) is 4.90 Å². The summed E-state index contributed by atoms with van der Waals surface area (Å²) in [7, 11) is 0. The van der Waals surface area contributed by atoms with Crippen molar-refractivity contribution in [3.05, 3.63) is 80.9 Å². The molecule has 3 rings (SSSR count). The zero-order chi connectivity index (χ0) is 21.1. The van der Waals surface area contributed by atoms with Gasteiger partial charge in [0.15, 0.2) is 0 Å². The molecule has 150 valence electrons. The van der Waals surface area contributed by atoms with Crippen LogP contribution >= 0.6 is 0 Å². The smallest absolute Gasteiger partial charge is 0.295 e. The van der Waals surface area contributed by atoms with Crippen molar-refractivity contribution in [1.29, 1.82) is 0 Å². The summed E-state index contributed by atoms with van der Waals surface area (Å²) in [5.74, 6) is -1.92. The summed E-state index contributed by atoms with van der Waals surface area (Å²) >= 11 is 0. The minimum Gasteiger partial charge on any atom is -0.507 e. The minimum absolute atomic E-state index is 0.0781. The van der Waals surface area contributed by atoms with E-state index in [0.29, 0.717) is 11.1 Å². The Hall–Kier alpha value is -3.52. The number of hydrogen-bond donors (Lipinski definition) is 2. The van der Waals surface area contributed by atoms with Gasteiger partial charge in [0.1, 0.15) is 5.76 Å². The summed E-state index contributed by atoms with van der Waals surface area (Å²) in [6.07, 6.45) is 0.251. The maximum absolute atomic E-state index is 12.7. The Kier molecular flexibility index (Phi) is 5.74. The standard InChI is InChI=1S/C21H20N2O6/c1-13-3-5-15(6-4-13)19(25)17-18(14-7-9-16(10-8-14)23(28)29)22(11-2-12-24)21(27)20(17)26/h3-10,18,24-25H,2,11-12H2,1H3/t18-/m0/s1. The zero-order valence-corrected chi connectivity index (χ0v) is 15.7. The summed E-state index contributed by atoms with van der Waals surface area (Å²) < 4.78 is 0. The molecule has 8 nitrogen and oxygen atoms in total. The molecule has 0 unspecified atom stereocenters. The van der Waals surface area contributed by atoms with Gasteiger partial charge < -0.3 is 15.1 Å². The monoisotopic (exact) mass is 396 g/mol. The predicted octanol–water partition coefficient (Wildman–Crippen LogP) is 2.71. The van der Waals surface area contributed by atoms with Crippen LogP contribution in [0, 0.1) is 17.0 Å². The Morgan fingerprint density at radius 1 is 1.10 bits per heavy atom. The van der Waals surface area contributed by atoms with Crippen molar-refractivity contribution >= 4 is 23.1 Å². The van der Waals surface area contributed by atoms with Crippen molar-refractivity contribution in [3.63, 3.8) is 0 Å². The number of aryl methyl sites for hydroxylation is 1. The molecule has 1 amide bonds. The van der Waals surface area contributed by atoms with E-state index in [0.717, 1.165) is 5.56 Å². The molecule has 8 heteroatoms. The molecule has 1 aliphatic heterocycles. The average molecular weight is 396 g/mol. The fourth-order valence-corrected chi connectivity index (χ4v) is 3.34. The molecule has 0 saturated carbocycles. The van der Waals surface area contributed by atoms with E-state index in [4.69, 9.17) is 5.11 Å². The summed E-state index contributed by atoms with van der Waals surface area (Å²) in [5, 5.41) is 30.9. The van der Waals surface area contributed by atoms with Crippen LogP contribution in [0.3, 0.4) is 0 Å². The summed E-state index contributed by atoms with van der Waals surface area (Å²) in [4.78, 5) is 37.0. The summed E-state index contributed by atoms with van der Waals surface area (Å²) in [5.41, 5.74) is 1.62. The third kappa shape index (κ3) is 3.88. The van der Waals surface area contributed by atoms with Gasteiger partial charge in [-0.2, -0.15) is 0 Å². The lowest BCUT2D eigenvalue weighted by atomic mass is 9.95. The molecule has 2 N–H and O–H groups in total. The molecule has 2 aromatic rings. The van der Waals surface area contributed by atoms with Crippen molar-refractivity contribution in [2.45, 2.75) is 19.4 Å². The van der Waals surface area contributed by atoms with Gasteiger partial charge in [-0.25, -0.2) is 0 Å². The lowest BCUT2D eigenvalue weighted by molar-refractivity contribution is -0.384. The Labute approximate surface area is 166 Å². The SMILES string of the molecule is Cc1ccc(C(O)=C2C(=O)C(=O)N(CCCO)[C@H]2c2ccc([N+](=O)[O-])cc2)cc1. The highest BCUT2D eigenvalue weighted by atomic mass is 16.6. The number of aliphatic hydroxyl groups is 2. The molecule has 0 aliphatic carbocycles. The maximum atomic E-state index is 12.7. The van der Waals surface area contributed by atoms with E-state index in [2.05, 4.69) is 0 Å². The number of nitro groups is 1. The number of aliphatic hydroxyl groups excluding tert-OH is 2. The van der Waals surface area contributed by atoms with E-state index in [1.807, 2.05) is 6.92 Å². The van der Waals surface area contributed by atoms with Crippen LogP contribution in [-0.2, 0) is 9.59 Å². The lowest BCUT2D eigenvalue weighted by Gasteiger charge is -2.25. The Morgan fingerprint density at radius 3 is 2.28 bits per heavy atom. The number of carbonyl (C=O) groups is 2. The molecular weight excluding hydrogens is 376 g/mol. The molecule has 0 spiro atoms. The van der Waals surface area contributed by atoms with Crippen molar-refractivity contribution in [3.8, 4) is 0 Å². The molecule has 1 fully saturated rings. The average Bonchev–Trinajstić information content (AvgIpc) is 2.97. The third-order valence-electron chi connectivity index (χ3n) is 4.84. The Morgan fingerprint density at radius 2 is 1.72 bits per heavy atom. The Bertz CT molecular complexity index is 979. The van der Waals surface area contributed by atoms with Crippen LogP contribution in [0.1, 0.15) is 29.2 Å². The van der Waals surface area contributed by atoms with Gasteiger partial charge in [0.05, 0.1) is 16.5 Å². The fraction of sp³-hybridized carbons (Fsp3) is 0.238. The second kappa shape index (κ2) is 8.24. The normalized spacial score (nSPS) is 18.3. The quantitative estimate of drug-likeness (QED) is 0.255. The number of ketones is 1. The fourth-order valence-electron chi connectivity index (χ4n) is 3.34. The van der Waals surface area contributed by atoms with Crippen LogP contribution < -0.4 is 0 Å². The maximum Gasteiger partial charge on any atom is 0.295 e. The number of non-ortho nitro benzene ring substituents is 1. The Balaban J connectivity index is 2.14. The molecule has 1 atom stereocenters. The number of hydrogen-bond acceptors (Lipinski definition) is 6. The highest BCUT2D eigenvalue weighted by Crippen LogP contribution is 2.39. The molecule has 0 bridgehead atoms. The second-order valence-corrected chi connectivity index (χ2v) is 6.78. The first kappa shape index (κ1) is 20.2. The van der Waals surface area contributed by atoms with E-state index in [1.54, 1.807) is 24.3 Å². The van der Waals surface area contributed by atoms with E-state index in [9.17, 15) is 24.8 Å². The zero-order valence-electron chi connectivity index (χ0n) is 15.7. The highest BCUT2D eigenvalue weighted by Gasteiger charge is 2.45. The summed E-state index contributed by atoms with van der Waals surface area (Å²) in [6.45, 7) is 1.82. The molecular formula is C21H20N2O6. The molecule has 29 heavy (non-hydrogen) atoms. The van der Waals surface area contributed by atoms with Gasteiger partial charge in [-0.05, 0) is 31.0 Å². The molecule has 2 aromatic carbocycles. The third-order valence-corrected chi connectivity index (χ3v) is 4.84. The van der Waals surface area contributed by atoms with Gasteiger partial charge in [0.25, 0.3) is 17.4 Å². The van der Waals surface area contributed by atoms with Crippen LogP contribution in [0.5, 0.6) is 0 Å². The first-order valence-electron chi connectivity index (χ1n) is 9.05. The molecule has 0 aromatic heterocycles. The lowest BCUT2D eigenvalue weighted by Crippen LogP contribution is -2.31. The van der Waals surface area contributed by atoms with Crippen molar-refractivity contribution in [2.75, 3.05) is 13.2 Å². The highest BCUT2D eigenvalue weighted by molar-refractivity contribution is 6.46. The summed E-state index contributed by atoms with van der Waals surface area (Å²) in [6, 6.07) is 11.4. The second-order valence-electron chi connectivity index (χ2n) is 6.78. The predicted molar refractivity (Wildman–Crippen MR) is 105 cm³/mol. The van der Waals surface area contributed by atoms with Gasteiger partial charge in [-0.1, -0.05) is 29.8 Å². The molecule has 0 radical (unpaired) electrons. The van der Waals surface area contributed by atoms with Crippen molar-refractivity contribution < 1.29 is 24.7 Å². The van der Waals surface area contributed by atoms with Crippen LogP contribution in [0.4, 0.5) is 5.69 Å². The topological polar surface area (TPSA) is 121 Å². The number of carbonyl (C=O) groups excluding carboxylic acids is 2. The number of likely N-dealkylation sites (tertiary alicyclic amines) is 1. The first-order valence-corrected chi connectivity index (χ1v) is 9.05. The van der Waals surface area contributed by atoms with Crippen LogP contribution in [0.25, 0.3) is 5.76 Å². The number of Topliss-reactive ketones (excluding diaryl/α,β-unsaturated/α-hetero) is 1. The van der Waals surface area contributed by atoms with Crippen LogP contribution in [-0.4, -0.2) is 44.9 Å². The minimum atomic E-state index is -0.899. The molecule has 1 heterocycles. The number of nitrogens with zero attached hydrogens (tertiary/aromatic N) is 2. The number of benzene rings is 2. The van der Waals surface area contributed by atoms with E-state index >= 15 is 0 Å².